The zero-order valence-electron chi connectivity index (χ0n) is 15.2. The maximum atomic E-state index is 12.2. The first-order valence-corrected chi connectivity index (χ1v) is 8.95. The van der Waals surface area contributed by atoms with E-state index in [0.717, 1.165) is 16.3 Å². The van der Waals surface area contributed by atoms with Crippen LogP contribution in [0.1, 0.15) is 24.5 Å². The predicted octanol–water partition coefficient (Wildman–Crippen LogP) is 4.50. The molecule has 0 spiro atoms. The lowest BCUT2D eigenvalue weighted by molar-refractivity contribution is -0.134. The highest BCUT2D eigenvalue weighted by molar-refractivity contribution is 6.13. The molecule has 3 aromatic rings. The molecule has 0 atom stereocenters. The second-order valence-corrected chi connectivity index (χ2v) is 6.30. The molecule has 28 heavy (non-hydrogen) atoms. The van der Waals surface area contributed by atoms with E-state index in [-0.39, 0.29) is 24.0 Å². The average molecular weight is 371 g/mol. The first-order chi connectivity index (χ1) is 13.6. The molecule has 5 nitrogen and oxygen atoms in total. The van der Waals surface area contributed by atoms with Gasteiger partial charge in [-0.05, 0) is 46.7 Å². The summed E-state index contributed by atoms with van der Waals surface area (Å²) in [6.07, 6.45) is 1.90. The smallest absolute Gasteiger partial charge is 0.363 e. The largest absolute Gasteiger partial charge is 0.427 e. The van der Waals surface area contributed by atoms with Crippen LogP contribution in [0, 0.1) is 0 Å². The van der Waals surface area contributed by atoms with Crippen LogP contribution in [0.2, 0.25) is 0 Å². The van der Waals surface area contributed by atoms with Crippen molar-refractivity contribution in [3.63, 3.8) is 0 Å². The average Bonchev–Trinajstić information content (AvgIpc) is 3.08. The topological polar surface area (TPSA) is 65.0 Å². The zero-order valence-corrected chi connectivity index (χ0v) is 15.2. The molecular formula is C23H17NO4. The maximum absolute atomic E-state index is 12.2. The summed E-state index contributed by atoms with van der Waals surface area (Å²) in [4.78, 5) is 28.0. The summed E-state index contributed by atoms with van der Waals surface area (Å²) in [5, 5.41) is 2.15. The fourth-order valence-electron chi connectivity index (χ4n) is 2.88. The molecule has 1 heterocycles. The fourth-order valence-corrected chi connectivity index (χ4v) is 2.88. The Hall–Kier alpha value is -3.73. The van der Waals surface area contributed by atoms with E-state index in [1.807, 2.05) is 42.5 Å². The molecule has 4 rings (SSSR count). The van der Waals surface area contributed by atoms with E-state index in [4.69, 9.17) is 9.47 Å². The number of carbonyl (C=O) groups excluding carboxylic acids is 2. The normalized spacial score (nSPS) is 14.8. The van der Waals surface area contributed by atoms with E-state index in [1.165, 1.54) is 0 Å². The van der Waals surface area contributed by atoms with Gasteiger partial charge >= 0.3 is 11.9 Å². The highest BCUT2D eigenvalue weighted by atomic mass is 16.6. The quantitative estimate of drug-likeness (QED) is 0.385. The molecule has 0 fully saturated rings. The Morgan fingerprint density at radius 3 is 2.68 bits per heavy atom. The Bertz CT molecular complexity index is 1140. The first-order valence-electron chi connectivity index (χ1n) is 8.95. The van der Waals surface area contributed by atoms with Crippen LogP contribution in [0.3, 0.4) is 0 Å². The van der Waals surface area contributed by atoms with Gasteiger partial charge in [0.1, 0.15) is 5.75 Å². The number of aliphatic imine (C=N–C) groups is 1. The minimum Gasteiger partial charge on any atom is -0.427 e. The molecule has 0 N–H and O–H groups in total. The van der Waals surface area contributed by atoms with Gasteiger partial charge in [0.2, 0.25) is 5.90 Å². The Morgan fingerprint density at radius 1 is 1.04 bits per heavy atom. The third-order valence-corrected chi connectivity index (χ3v) is 4.30. The van der Waals surface area contributed by atoms with Gasteiger partial charge in [-0.25, -0.2) is 9.79 Å². The van der Waals surface area contributed by atoms with Crippen molar-refractivity contribution in [2.24, 2.45) is 4.99 Å². The molecule has 0 radical (unpaired) electrons. The van der Waals surface area contributed by atoms with Crippen molar-refractivity contribution in [2.45, 2.75) is 13.3 Å². The van der Waals surface area contributed by atoms with Crippen LogP contribution in [0.4, 0.5) is 0 Å². The van der Waals surface area contributed by atoms with Crippen molar-refractivity contribution < 1.29 is 19.1 Å². The van der Waals surface area contributed by atoms with Crippen LogP contribution in [0.25, 0.3) is 16.8 Å². The number of fused-ring (bicyclic) bond motifs is 1. The molecule has 0 aromatic heterocycles. The highest BCUT2D eigenvalue weighted by Gasteiger charge is 2.24. The molecular weight excluding hydrogens is 354 g/mol. The number of nitrogens with zero attached hydrogens (tertiary/aromatic N) is 1. The molecule has 3 aromatic carbocycles. The Balaban J connectivity index is 1.63. The van der Waals surface area contributed by atoms with Crippen molar-refractivity contribution >= 4 is 34.7 Å². The van der Waals surface area contributed by atoms with Gasteiger partial charge in [0.05, 0.1) is 0 Å². The number of benzene rings is 3. The lowest BCUT2D eigenvalue weighted by Gasteiger charge is -2.03. The zero-order chi connectivity index (χ0) is 19.5. The summed E-state index contributed by atoms with van der Waals surface area (Å²) >= 11 is 0. The van der Waals surface area contributed by atoms with E-state index in [1.54, 1.807) is 37.3 Å². The monoisotopic (exact) mass is 371 g/mol. The number of carbonyl (C=O) groups is 2. The highest BCUT2D eigenvalue weighted by Crippen LogP contribution is 2.23. The first kappa shape index (κ1) is 17.7. The number of esters is 2. The molecule has 5 heteroatoms. The van der Waals surface area contributed by atoms with Crippen molar-refractivity contribution in [3.05, 3.63) is 83.6 Å². The second-order valence-electron chi connectivity index (χ2n) is 6.30. The third-order valence-electron chi connectivity index (χ3n) is 4.30. The molecule has 0 unspecified atom stereocenters. The standard InChI is InChI=1S/C23H17NO4/c1-2-21(25)27-19-9-5-6-15(12-19)13-20-23(26)28-22(24-20)18-11-10-16-7-3-4-8-17(16)14-18/h3-14H,2H2,1H3/b20-13-. The summed E-state index contributed by atoms with van der Waals surface area (Å²) < 4.78 is 10.6. The molecule has 1 aliphatic rings. The number of cyclic esters (lactones) is 1. The molecule has 1 aliphatic heterocycles. The van der Waals surface area contributed by atoms with Crippen molar-refractivity contribution in [3.8, 4) is 5.75 Å². The maximum Gasteiger partial charge on any atom is 0.363 e. The summed E-state index contributed by atoms with van der Waals surface area (Å²) in [5.74, 6) is -0.136. The van der Waals surface area contributed by atoms with Crippen LogP contribution >= 0.6 is 0 Å². The third kappa shape index (κ3) is 3.69. The van der Waals surface area contributed by atoms with Crippen LogP contribution < -0.4 is 4.74 Å². The van der Waals surface area contributed by atoms with Crippen molar-refractivity contribution in [1.29, 1.82) is 0 Å². The van der Waals surface area contributed by atoms with Gasteiger partial charge in [-0.3, -0.25) is 4.79 Å². The van der Waals surface area contributed by atoms with E-state index < -0.39 is 5.97 Å². The SMILES string of the molecule is CCC(=O)Oc1cccc(/C=C2\N=C(c3ccc4ccccc4c3)OC2=O)c1. The minimum absolute atomic E-state index is 0.196. The Labute approximate surface area is 161 Å². The Kier molecular flexibility index (Phi) is 4.72. The molecule has 0 amide bonds. The van der Waals surface area contributed by atoms with Gasteiger partial charge in [0.25, 0.3) is 0 Å². The Morgan fingerprint density at radius 2 is 1.86 bits per heavy atom. The summed E-state index contributed by atoms with van der Waals surface area (Å²) in [6, 6.07) is 20.6. The van der Waals surface area contributed by atoms with Crippen molar-refractivity contribution in [2.75, 3.05) is 0 Å². The molecule has 138 valence electrons. The van der Waals surface area contributed by atoms with Gasteiger partial charge in [-0.2, -0.15) is 0 Å². The van der Waals surface area contributed by atoms with Crippen LogP contribution in [0.5, 0.6) is 5.75 Å². The van der Waals surface area contributed by atoms with E-state index >= 15 is 0 Å². The summed E-state index contributed by atoms with van der Waals surface area (Å²) in [7, 11) is 0. The minimum atomic E-state index is -0.515. The summed E-state index contributed by atoms with van der Waals surface area (Å²) in [6.45, 7) is 1.73. The molecule has 0 saturated heterocycles. The molecule has 0 bridgehead atoms. The fraction of sp³-hybridized carbons (Fsp3) is 0.0870. The van der Waals surface area contributed by atoms with Gasteiger partial charge in [-0.15, -0.1) is 0 Å². The van der Waals surface area contributed by atoms with E-state index in [2.05, 4.69) is 4.99 Å². The predicted molar refractivity (Wildman–Crippen MR) is 107 cm³/mol. The van der Waals surface area contributed by atoms with Crippen LogP contribution in [0.15, 0.2) is 77.4 Å². The second kappa shape index (κ2) is 7.48. The van der Waals surface area contributed by atoms with Gasteiger partial charge in [0.15, 0.2) is 5.70 Å². The lowest BCUT2D eigenvalue weighted by Crippen LogP contribution is -2.05. The lowest BCUT2D eigenvalue weighted by atomic mass is 10.1. The number of rotatable bonds is 4. The van der Waals surface area contributed by atoms with E-state index in [9.17, 15) is 9.59 Å². The number of hydrogen-bond donors (Lipinski definition) is 0. The van der Waals surface area contributed by atoms with Crippen LogP contribution in [-0.2, 0) is 14.3 Å². The van der Waals surface area contributed by atoms with Gasteiger partial charge < -0.3 is 9.47 Å². The van der Waals surface area contributed by atoms with Gasteiger partial charge in [-0.1, -0.05) is 49.4 Å². The molecule has 0 saturated carbocycles. The van der Waals surface area contributed by atoms with Crippen molar-refractivity contribution in [1.82, 2.24) is 0 Å². The van der Waals surface area contributed by atoms with E-state index in [0.29, 0.717) is 11.3 Å². The summed E-state index contributed by atoms with van der Waals surface area (Å²) in [5.41, 5.74) is 1.63. The number of hydrogen-bond acceptors (Lipinski definition) is 5. The molecule has 0 aliphatic carbocycles. The van der Waals surface area contributed by atoms with Crippen LogP contribution in [-0.4, -0.2) is 17.8 Å². The number of ether oxygens (including phenoxy) is 2. The van der Waals surface area contributed by atoms with Gasteiger partial charge in [0, 0.05) is 12.0 Å².